The summed E-state index contributed by atoms with van der Waals surface area (Å²) < 4.78 is 65.5. The monoisotopic (exact) mass is 601 g/mol. The summed E-state index contributed by atoms with van der Waals surface area (Å²) in [7, 11) is -2.33. The molecule has 0 radical (unpaired) electrons. The zero-order valence-corrected chi connectivity index (χ0v) is 23.4. The molecule has 0 amide bonds. The molecule has 214 valence electrons. The van der Waals surface area contributed by atoms with Crippen molar-refractivity contribution in [3.8, 4) is 16.9 Å². The number of fused-ring (bicyclic) bond motifs is 2. The fourth-order valence-electron chi connectivity index (χ4n) is 5.15. The molecule has 2 aliphatic heterocycles. The maximum absolute atomic E-state index is 15.7. The number of halogens is 3. The molecule has 0 aliphatic carbocycles. The van der Waals surface area contributed by atoms with Crippen LogP contribution in [0.2, 0.25) is 5.02 Å². The Morgan fingerprint density at radius 1 is 1.10 bits per heavy atom. The van der Waals surface area contributed by atoms with E-state index in [2.05, 4.69) is 32.0 Å². The zero-order chi connectivity index (χ0) is 28.9. The van der Waals surface area contributed by atoms with E-state index in [1.54, 1.807) is 6.07 Å². The summed E-state index contributed by atoms with van der Waals surface area (Å²) in [6.45, 7) is 1.78. The molecule has 3 heterocycles. The minimum atomic E-state index is -4.40. The van der Waals surface area contributed by atoms with Gasteiger partial charge in [0.1, 0.15) is 29.2 Å². The first-order valence-electron chi connectivity index (χ1n) is 13.0. The van der Waals surface area contributed by atoms with Crippen molar-refractivity contribution in [3.05, 3.63) is 70.9 Å². The molecule has 1 atom stereocenters. The number of piperidine rings is 1. The van der Waals surface area contributed by atoms with Gasteiger partial charge in [0.15, 0.2) is 5.82 Å². The van der Waals surface area contributed by atoms with Crippen molar-refractivity contribution in [2.45, 2.75) is 29.9 Å². The topological polar surface area (TPSA) is 117 Å². The lowest BCUT2D eigenvalue weighted by molar-refractivity contribution is 0.140. The number of aliphatic hydroxyl groups excluding tert-OH is 1. The Balaban J connectivity index is 1.30. The Hall–Kier alpha value is -3.58. The lowest BCUT2D eigenvalue weighted by Crippen LogP contribution is -2.37. The van der Waals surface area contributed by atoms with E-state index in [0.717, 1.165) is 32.0 Å². The largest absolute Gasteiger partial charge is 0.489 e. The summed E-state index contributed by atoms with van der Waals surface area (Å²) in [4.78, 5) is 10.6. The van der Waals surface area contributed by atoms with Crippen molar-refractivity contribution in [2.75, 3.05) is 36.8 Å². The Morgan fingerprint density at radius 3 is 2.63 bits per heavy atom. The van der Waals surface area contributed by atoms with Crippen molar-refractivity contribution in [3.63, 3.8) is 0 Å². The molecule has 0 bridgehead atoms. The number of ether oxygens (including phenoxy) is 1. The maximum Gasteiger partial charge on any atom is 0.265 e. The van der Waals surface area contributed by atoms with Gasteiger partial charge in [0.2, 0.25) is 5.95 Å². The van der Waals surface area contributed by atoms with Crippen LogP contribution in [0.15, 0.2) is 53.6 Å². The number of benzene rings is 3. The molecule has 2 aliphatic rings. The third kappa shape index (κ3) is 5.28. The molecule has 6 rings (SSSR count). The molecule has 13 heteroatoms. The van der Waals surface area contributed by atoms with E-state index in [1.807, 2.05) is 0 Å². The van der Waals surface area contributed by atoms with E-state index in [9.17, 15) is 13.5 Å². The molecule has 4 aromatic rings. The molecule has 0 spiro atoms. The van der Waals surface area contributed by atoms with Gasteiger partial charge in [-0.15, -0.1) is 0 Å². The predicted octanol–water partition coefficient (Wildman–Crippen LogP) is 4.96. The van der Waals surface area contributed by atoms with Crippen molar-refractivity contribution in [2.24, 2.45) is 0 Å². The Morgan fingerprint density at radius 2 is 1.85 bits per heavy atom. The number of nitrogens with one attached hydrogen (secondary N) is 2. The second-order valence-electron chi connectivity index (χ2n) is 10.2. The molecular formula is C28H26ClF2N5O4S. The second kappa shape index (κ2) is 10.7. The zero-order valence-electron chi connectivity index (χ0n) is 21.9. The number of hydrogen-bond acceptors (Lipinski definition) is 8. The molecule has 0 saturated carbocycles. The molecular weight excluding hydrogens is 576 g/mol. The van der Waals surface area contributed by atoms with Gasteiger partial charge in [-0.3, -0.25) is 4.72 Å². The van der Waals surface area contributed by atoms with Gasteiger partial charge in [0.05, 0.1) is 16.6 Å². The van der Waals surface area contributed by atoms with Crippen LogP contribution >= 0.6 is 11.6 Å². The number of nitrogens with zero attached hydrogens (tertiary/aromatic N) is 3. The van der Waals surface area contributed by atoms with Gasteiger partial charge >= 0.3 is 0 Å². The first kappa shape index (κ1) is 27.6. The van der Waals surface area contributed by atoms with Crippen molar-refractivity contribution >= 4 is 44.2 Å². The number of sulfonamides is 1. The van der Waals surface area contributed by atoms with E-state index in [-0.39, 0.29) is 50.4 Å². The smallest absolute Gasteiger partial charge is 0.265 e. The second-order valence-corrected chi connectivity index (χ2v) is 12.3. The van der Waals surface area contributed by atoms with E-state index < -0.39 is 33.4 Å². The summed E-state index contributed by atoms with van der Waals surface area (Å²) in [6, 6.07) is 9.75. The van der Waals surface area contributed by atoms with Crippen LogP contribution in [0, 0.1) is 11.6 Å². The Kier molecular flexibility index (Phi) is 7.18. The van der Waals surface area contributed by atoms with E-state index in [0.29, 0.717) is 11.5 Å². The average Bonchev–Trinajstić information content (AvgIpc) is 3.31. The maximum atomic E-state index is 15.7. The fourth-order valence-corrected chi connectivity index (χ4v) is 6.70. The molecule has 1 fully saturated rings. The van der Waals surface area contributed by atoms with Gasteiger partial charge in [-0.2, -0.15) is 0 Å². The minimum Gasteiger partial charge on any atom is -0.489 e. The summed E-state index contributed by atoms with van der Waals surface area (Å²) in [6.07, 6.45) is 2.20. The van der Waals surface area contributed by atoms with Crippen LogP contribution in [0.3, 0.4) is 0 Å². The van der Waals surface area contributed by atoms with Crippen LogP contribution in [0.1, 0.15) is 24.5 Å². The normalized spacial score (nSPS) is 17.8. The van der Waals surface area contributed by atoms with Crippen molar-refractivity contribution in [1.29, 1.82) is 0 Å². The van der Waals surface area contributed by atoms with E-state index >= 15 is 8.78 Å². The molecule has 41 heavy (non-hydrogen) atoms. The van der Waals surface area contributed by atoms with Gasteiger partial charge in [0, 0.05) is 34.0 Å². The first-order valence-corrected chi connectivity index (χ1v) is 14.8. The lowest BCUT2D eigenvalue weighted by Gasteiger charge is -2.29. The highest BCUT2D eigenvalue weighted by atomic mass is 35.5. The minimum absolute atomic E-state index is 0.0591. The average molecular weight is 602 g/mol. The molecule has 1 aromatic heterocycles. The number of aliphatic hydroxyl groups is 1. The van der Waals surface area contributed by atoms with Gasteiger partial charge in [-0.25, -0.2) is 27.2 Å². The number of rotatable bonds is 6. The summed E-state index contributed by atoms with van der Waals surface area (Å²) >= 11 is 6.08. The third-order valence-corrected chi connectivity index (χ3v) is 8.96. The quantitative estimate of drug-likeness (QED) is 0.284. The van der Waals surface area contributed by atoms with Crippen LogP contribution in [-0.4, -0.2) is 61.2 Å². The molecule has 1 saturated heterocycles. The molecule has 1 unspecified atom stereocenters. The van der Waals surface area contributed by atoms with Crippen molar-refractivity contribution < 1.29 is 27.0 Å². The van der Waals surface area contributed by atoms with Gasteiger partial charge in [-0.1, -0.05) is 23.7 Å². The molecule has 9 nitrogen and oxygen atoms in total. The van der Waals surface area contributed by atoms with Gasteiger partial charge in [0.25, 0.3) is 10.0 Å². The third-order valence-electron chi connectivity index (χ3n) is 7.37. The van der Waals surface area contributed by atoms with Crippen LogP contribution in [0.5, 0.6) is 5.75 Å². The standard InChI is InChI=1S/C28H26ClF2N5O4S/c1-36-9-7-16(8-10-36)33-28-32-13-20-21(34-28)6-5-18(25(20)30)17-3-2-4-22(26(17)31)35-41(38,39)24-12-15(29)11-19-23(37)14-40-27(19)24/h2-6,11-13,16,23,35,37H,7-10,14H2,1H3,(H,32,33,34). The summed E-state index contributed by atoms with van der Waals surface area (Å²) in [5, 5.41) is 13.6. The molecule has 3 aromatic carbocycles. The highest BCUT2D eigenvalue weighted by Crippen LogP contribution is 2.41. The number of anilines is 2. The summed E-state index contributed by atoms with van der Waals surface area (Å²) in [5.74, 6) is -1.38. The highest BCUT2D eigenvalue weighted by molar-refractivity contribution is 7.92. The van der Waals surface area contributed by atoms with Gasteiger partial charge < -0.3 is 20.1 Å². The number of aromatic nitrogens is 2. The lowest BCUT2D eigenvalue weighted by atomic mass is 10.0. The number of likely N-dealkylation sites (tertiary alicyclic amines) is 1. The van der Waals surface area contributed by atoms with Crippen LogP contribution in [0.25, 0.3) is 22.0 Å². The van der Waals surface area contributed by atoms with Crippen molar-refractivity contribution in [1.82, 2.24) is 14.9 Å². The number of hydrogen-bond donors (Lipinski definition) is 3. The first-order chi connectivity index (χ1) is 19.6. The predicted molar refractivity (Wildman–Crippen MR) is 152 cm³/mol. The Bertz CT molecular complexity index is 1770. The highest BCUT2D eigenvalue weighted by Gasteiger charge is 2.32. The van der Waals surface area contributed by atoms with Crippen LogP contribution < -0.4 is 14.8 Å². The van der Waals surface area contributed by atoms with Gasteiger partial charge in [-0.05, 0) is 63.3 Å². The fraction of sp³-hybridized carbons (Fsp3) is 0.286. The van der Waals surface area contributed by atoms with E-state index in [1.165, 1.54) is 36.5 Å². The van der Waals surface area contributed by atoms with Crippen LogP contribution in [-0.2, 0) is 10.0 Å². The van der Waals surface area contributed by atoms with Crippen LogP contribution in [0.4, 0.5) is 20.4 Å². The molecule has 3 N–H and O–H groups in total. The summed E-state index contributed by atoms with van der Waals surface area (Å²) in [5.41, 5.74) is -0.0571. The Labute approximate surface area is 240 Å². The van der Waals surface area contributed by atoms with E-state index in [4.69, 9.17) is 16.3 Å². The SMILES string of the molecule is CN1CCC(Nc2ncc3c(F)c(-c4cccc(NS(=O)(=O)c5cc(Cl)cc6c5OCC6O)c4F)ccc3n2)CC1.